The summed E-state index contributed by atoms with van der Waals surface area (Å²) in [6.45, 7) is 7.51. The van der Waals surface area contributed by atoms with Crippen LogP contribution in [0, 0.1) is 16.7 Å². The summed E-state index contributed by atoms with van der Waals surface area (Å²) in [7, 11) is 0. The molecule has 3 fully saturated rings. The number of ether oxygens (including phenoxy) is 6. The number of aliphatic hydroxyl groups is 2. The SMILES string of the molecule is CC(=O)O[C@H]1C(=O)[C@]2(C)C(OC(=O)NCCCC(=O)O)C[C@H]3OC[C@@]3(OC(C)=O)C2[C@H](OC(=O)c2ccccc2)[C@]2(O)C[C@H](OC(=O)[C@H](O)[C@@H](NC(=O)c3ccccc3)c3ccccc3)C(C)=C1C2(C)C. The van der Waals surface area contributed by atoms with Crippen LogP contribution in [0.25, 0.3) is 0 Å². The molecule has 2 saturated carbocycles. The van der Waals surface area contributed by atoms with E-state index in [4.69, 9.17) is 33.5 Å². The summed E-state index contributed by atoms with van der Waals surface area (Å²) in [5.74, 6) is -8.47. The van der Waals surface area contributed by atoms with Crippen molar-refractivity contribution in [3.63, 3.8) is 0 Å². The quantitative estimate of drug-likeness (QED) is 0.0613. The zero-order chi connectivity index (χ0) is 51.6. The van der Waals surface area contributed by atoms with Crippen molar-refractivity contribution in [1.29, 1.82) is 0 Å². The Balaban J connectivity index is 1.40. The highest BCUT2D eigenvalue weighted by Gasteiger charge is 2.79. The molecule has 1 saturated heterocycles. The summed E-state index contributed by atoms with van der Waals surface area (Å²) in [4.78, 5) is 110. The number of esters is 4. The predicted molar refractivity (Wildman–Crippen MR) is 247 cm³/mol. The van der Waals surface area contributed by atoms with Crippen molar-refractivity contribution >= 4 is 47.6 Å². The van der Waals surface area contributed by atoms with Crippen LogP contribution in [-0.2, 0) is 52.4 Å². The fourth-order valence-electron chi connectivity index (χ4n) is 10.9. The highest BCUT2D eigenvalue weighted by atomic mass is 16.6. The average molecular weight is 983 g/mol. The molecule has 2 unspecified atom stereocenters. The van der Waals surface area contributed by atoms with E-state index in [1.165, 1.54) is 39.8 Å². The Labute approximate surface area is 409 Å². The number of aliphatic hydroxyl groups excluding tert-OH is 1. The number of amides is 2. The van der Waals surface area contributed by atoms with Crippen LogP contribution >= 0.6 is 0 Å². The van der Waals surface area contributed by atoms with Crippen LogP contribution in [0.4, 0.5) is 4.79 Å². The smallest absolute Gasteiger partial charge is 0.407 e. The van der Waals surface area contributed by atoms with Gasteiger partial charge in [0.05, 0.1) is 29.5 Å². The monoisotopic (exact) mass is 982 g/mol. The van der Waals surface area contributed by atoms with Gasteiger partial charge in [0.2, 0.25) is 0 Å². The van der Waals surface area contributed by atoms with Gasteiger partial charge in [-0.15, -0.1) is 0 Å². The Hall–Kier alpha value is -6.96. The average Bonchev–Trinajstić information content (AvgIpc) is 3.32. The third-order valence-electron chi connectivity index (χ3n) is 14.5. The van der Waals surface area contributed by atoms with Crippen molar-refractivity contribution in [3.05, 3.63) is 119 Å². The zero-order valence-electron chi connectivity index (χ0n) is 40.1. The number of benzene rings is 3. The summed E-state index contributed by atoms with van der Waals surface area (Å²) in [5, 5.41) is 40.2. The van der Waals surface area contributed by atoms with Gasteiger partial charge < -0.3 is 54.4 Å². The molecule has 19 heteroatoms. The maximum atomic E-state index is 16.1. The summed E-state index contributed by atoms with van der Waals surface area (Å²) in [6.07, 6.45) is -12.6. The van der Waals surface area contributed by atoms with E-state index in [1.54, 1.807) is 78.9 Å². The number of carboxylic acid groups (broad SMARTS) is 1. The molecule has 0 spiro atoms. The first-order valence-corrected chi connectivity index (χ1v) is 23.2. The van der Waals surface area contributed by atoms with Gasteiger partial charge in [-0.1, -0.05) is 80.6 Å². The van der Waals surface area contributed by atoms with E-state index >= 15 is 4.79 Å². The Morgan fingerprint density at radius 1 is 0.817 bits per heavy atom. The number of rotatable bonds is 15. The van der Waals surface area contributed by atoms with Gasteiger partial charge >= 0.3 is 35.9 Å². The first-order valence-electron chi connectivity index (χ1n) is 23.2. The molecular formula is C52H58N2O17. The van der Waals surface area contributed by atoms with E-state index in [2.05, 4.69) is 10.6 Å². The minimum atomic E-state index is -2.51. The largest absolute Gasteiger partial charge is 0.481 e. The Kier molecular flexibility index (Phi) is 14.9. The number of carbonyl (C=O) groups excluding carboxylic acids is 7. The summed E-state index contributed by atoms with van der Waals surface area (Å²) < 4.78 is 36.8. The summed E-state index contributed by atoms with van der Waals surface area (Å²) >= 11 is 0. The molecule has 3 aliphatic carbocycles. The lowest BCUT2D eigenvalue weighted by Crippen LogP contribution is -2.82. The highest BCUT2D eigenvalue weighted by molar-refractivity contribution is 5.96. The molecule has 3 aromatic rings. The van der Waals surface area contributed by atoms with Crippen LogP contribution in [0.2, 0.25) is 0 Å². The molecule has 11 atom stereocenters. The first-order chi connectivity index (χ1) is 33.6. The van der Waals surface area contributed by atoms with Crippen LogP contribution in [0.15, 0.2) is 102 Å². The lowest BCUT2D eigenvalue weighted by atomic mass is 9.44. The van der Waals surface area contributed by atoms with Crippen molar-refractivity contribution in [2.24, 2.45) is 16.7 Å². The zero-order valence-corrected chi connectivity index (χ0v) is 40.1. The minimum Gasteiger partial charge on any atom is -0.481 e. The van der Waals surface area contributed by atoms with Gasteiger partial charge in [0, 0.05) is 50.6 Å². The van der Waals surface area contributed by atoms with Crippen LogP contribution < -0.4 is 10.6 Å². The Bertz CT molecular complexity index is 2590. The Morgan fingerprint density at radius 2 is 1.42 bits per heavy atom. The third-order valence-corrected chi connectivity index (χ3v) is 14.5. The van der Waals surface area contributed by atoms with E-state index in [0.717, 1.165) is 13.8 Å². The molecule has 4 aliphatic rings. The van der Waals surface area contributed by atoms with Crippen molar-refractivity contribution in [3.8, 4) is 0 Å². The van der Waals surface area contributed by atoms with Gasteiger partial charge in [0.1, 0.15) is 30.0 Å². The molecule has 7 rings (SSSR count). The first kappa shape index (κ1) is 51.9. The Morgan fingerprint density at radius 3 is 1.99 bits per heavy atom. The van der Waals surface area contributed by atoms with Crippen molar-refractivity contribution in [2.75, 3.05) is 13.2 Å². The van der Waals surface area contributed by atoms with E-state index in [-0.39, 0.29) is 48.1 Å². The number of aliphatic carboxylic acids is 1. The van der Waals surface area contributed by atoms with E-state index in [0.29, 0.717) is 5.56 Å². The lowest BCUT2D eigenvalue weighted by molar-refractivity contribution is -0.345. The van der Waals surface area contributed by atoms with E-state index in [1.807, 2.05) is 0 Å². The number of hydrogen-bond acceptors (Lipinski definition) is 16. The van der Waals surface area contributed by atoms with Gasteiger partial charge in [-0.25, -0.2) is 14.4 Å². The van der Waals surface area contributed by atoms with Crippen molar-refractivity contribution < 1.29 is 82.1 Å². The number of fused-ring (bicyclic) bond motifs is 5. The van der Waals surface area contributed by atoms with Crippen LogP contribution in [0.3, 0.4) is 0 Å². The van der Waals surface area contributed by atoms with Gasteiger partial charge in [0.15, 0.2) is 23.6 Å². The van der Waals surface area contributed by atoms with Gasteiger partial charge in [-0.2, -0.15) is 0 Å². The van der Waals surface area contributed by atoms with Crippen LogP contribution in [0.5, 0.6) is 0 Å². The number of carbonyl (C=O) groups is 8. The molecule has 1 heterocycles. The van der Waals surface area contributed by atoms with Crippen LogP contribution in [-0.4, -0.2) is 124 Å². The number of hydrogen-bond donors (Lipinski definition) is 5. The maximum absolute atomic E-state index is 16.1. The minimum absolute atomic E-state index is 0.00689. The predicted octanol–water partition coefficient (Wildman–Crippen LogP) is 4.33. The molecule has 3 aromatic carbocycles. The molecule has 5 N–H and O–H groups in total. The number of ketones is 1. The van der Waals surface area contributed by atoms with Crippen LogP contribution in [0.1, 0.15) is 99.5 Å². The van der Waals surface area contributed by atoms with E-state index in [9.17, 15) is 43.8 Å². The van der Waals surface area contributed by atoms with Gasteiger partial charge in [0.25, 0.3) is 5.91 Å². The number of alkyl carbamates (subject to hydrolysis) is 1. The molecule has 0 radical (unpaired) electrons. The molecular weight excluding hydrogens is 925 g/mol. The second kappa shape index (κ2) is 20.4. The molecule has 2 amide bonds. The molecule has 378 valence electrons. The fraction of sp³-hybridized carbons (Fsp3) is 0.462. The van der Waals surface area contributed by atoms with E-state index < -0.39 is 131 Å². The second-order valence-corrected chi connectivity index (χ2v) is 19.2. The normalized spacial score (nSPS) is 29.1. The topological polar surface area (TPSA) is 277 Å². The number of carboxylic acids is 1. The molecule has 2 bridgehead atoms. The highest BCUT2D eigenvalue weighted by Crippen LogP contribution is 2.65. The molecule has 19 nitrogen and oxygen atoms in total. The summed E-state index contributed by atoms with van der Waals surface area (Å²) in [6, 6.07) is 22.5. The van der Waals surface area contributed by atoms with Gasteiger partial charge in [-0.05, 0) is 61.2 Å². The number of Topliss-reactive ketones (excluding diaryl/α,β-unsaturated/α-hetero) is 1. The maximum Gasteiger partial charge on any atom is 0.407 e. The third kappa shape index (κ3) is 9.77. The number of nitrogens with one attached hydrogen (secondary N) is 2. The van der Waals surface area contributed by atoms with Crippen molar-refractivity contribution in [1.82, 2.24) is 10.6 Å². The standard InChI is InChI=1S/C52H58N2O17/c1-28-34(68-47(63)40(59)39(31-17-10-7-11-18-31)54-45(61)32-19-12-8-13-20-32)26-52(65)44(70-46(62)33-21-14-9-15-22-33)42-50(6,43(60)41(67-29(2)55)38(28)49(52,4)5)35(69-48(64)53-24-16-23-37(57)58)25-36-51(42,27-66-36)71-30(3)56/h7-15,17-22,34-36,39-42,44,59,65H,16,23-27H2,1-6H3,(H,53,64)(H,54,61)(H,57,58)/t34-,35?,36+,39-,40+,41+,42?,44-,50+,51-,52+/m0/s1. The van der Waals surface area contributed by atoms with Crippen molar-refractivity contribution in [2.45, 2.75) is 121 Å². The molecule has 0 aromatic heterocycles. The molecule has 1 aliphatic heterocycles. The van der Waals surface area contributed by atoms with Gasteiger partial charge in [-0.3, -0.25) is 24.0 Å². The summed E-state index contributed by atoms with van der Waals surface area (Å²) in [5.41, 5.74) is -7.81. The second-order valence-electron chi connectivity index (χ2n) is 19.2. The molecule has 71 heavy (non-hydrogen) atoms. The lowest BCUT2D eigenvalue weighted by Gasteiger charge is -2.67. The fourth-order valence-corrected chi connectivity index (χ4v) is 10.9.